The maximum atomic E-state index is 6.34. The summed E-state index contributed by atoms with van der Waals surface area (Å²) in [5.74, 6) is 1.56. The van der Waals surface area contributed by atoms with Crippen molar-refractivity contribution in [1.82, 2.24) is 0 Å². The van der Waals surface area contributed by atoms with Crippen LogP contribution in [-0.2, 0) is 55.8 Å². The Labute approximate surface area is 354 Å². The molecule has 0 aliphatic carbocycles. The Morgan fingerprint density at radius 2 is 0.576 bits per heavy atom. The number of rotatable bonds is 0. The van der Waals surface area contributed by atoms with Crippen LogP contribution in [0.25, 0.3) is 11.1 Å². The van der Waals surface area contributed by atoms with Gasteiger partial charge in [-0.3, -0.25) is 0 Å². The Morgan fingerprint density at radius 1 is 0.288 bits per heavy atom. The zero-order chi connectivity index (χ0) is 39.9. The maximum Gasteiger partial charge on any atom is 0.120 e. The highest BCUT2D eigenvalue weighted by molar-refractivity contribution is 8.00. The van der Waals surface area contributed by atoms with E-state index < -0.39 is 0 Å². The fraction of sp³-hybridized carbons (Fsp3) is 0.435. The zero-order valence-corrected chi connectivity index (χ0v) is 35.0. The van der Waals surface area contributed by atoms with E-state index in [9.17, 15) is 0 Å². The Hall–Kier alpha value is -3.44. The van der Waals surface area contributed by atoms with Gasteiger partial charge in [-0.05, 0) is 94.1 Å². The van der Waals surface area contributed by atoms with Crippen molar-refractivity contribution in [3.05, 3.63) is 106 Å². The fourth-order valence-electron chi connectivity index (χ4n) is 7.09. The summed E-state index contributed by atoms with van der Waals surface area (Å²) in [6.07, 6.45) is 0. The number of hydrogen-bond acceptors (Lipinski definition) is 13. The number of ether oxygens (including phenoxy) is 11. The molecule has 0 fully saturated rings. The molecular formula is C46H52O11S2. The normalized spacial score (nSPS) is 20.9. The van der Waals surface area contributed by atoms with Gasteiger partial charge < -0.3 is 52.1 Å². The molecule has 0 radical (unpaired) electrons. The molecule has 13 heteroatoms. The van der Waals surface area contributed by atoms with E-state index in [4.69, 9.17) is 52.1 Å². The van der Waals surface area contributed by atoms with E-state index in [-0.39, 0.29) is 0 Å². The van der Waals surface area contributed by atoms with Gasteiger partial charge in [-0.15, -0.1) is 0 Å². The van der Waals surface area contributed by atoms with Crippen molar-refractivity contribution in [1.29, 1.82) is 0 Å². The lowest BCUT2D eigenvalue weighted by molar-refractivity contribution is -0.0185. The van der Waals surface area contributed by atoms with Gasteiger partial charge in [0.1, 0.15) is 24.7 Å². The first-order valence-corrected chi connectivity index (χ1v) is 22.0. The van der Waals surface area contributed by atoms with Gasteiger partial charge >= 0.3 is 0 Å². The van der Waals surface area contributed by atoms with E-state index >= 15 is 0 Å². The minimum Gasteiger partial charge on any atom is -0.491 e. The van der Waals surface area contributed by atoms with Crippen molar-refractivity contribution >= 4 is 34.7 Å². The molecule has 4 aliphatic heterocycles. The molecule has 314 valence electrons. The molecule has 0 atom stereocenters. The van der Waals surface area contributed by atoms with Crippen LogP contribution >= 0.6 is 23.5 Å². The first-order valence-electron chi connectivity index (χ1n) is 20.4. The number of hydrogen-bond donors (Lipinski definition) is 0. The van der Waals surface area contributed by atoms with Crippen molar-refractivity contribution in [3.8, 4) is 11.5 Å². The predicted octanol–water partition coefficient (Wildman–Crippen LogP) is 7.56. The minimum atomic E-state index is 0.418. The van der Waals surface area contributed by atoms with Crippen LogP contribution in [0.15, 0.2) is 92.4 Å². The van der Waals surface area contributed by atoms with Crippen LogP contribution in [0.5, 0.6) is 11.5 Å². The average molecular weight is 845 g/mol. The van der Waals surface area contributed by atoms with Crippen molar-refractivity contribution in [3.63, 3.8) is 0 Å². The lowest BCUT2D eigenvalue weighted by atomic mass is 9.84. The second-order valence-corrected chi connectivity index (χ2v) is 16.2. The van der Waals surface area contributed by atoms with E-state index in [2.05, 4.69) is 72.8 Å². The monoisotopic (exact) mass is 844 g/mol. The summed E-state index contributed by atoms with van der Waals surface area (Å²) in [4.78, 5) is 4.65. The van der Waals surface area contributed by atoms with Crippen LogP contribution in [0.2, 0.25) is 0 Å². The Morgan fingerprint density at radius 3 is 0.932 bits per heavy atom. The third-order valence-electron chi connectivity index (χ3n) is 9.89. The molecule has 4 aromatic rings. The SMILES string of the molecule is c1cc2c3cc1COCCOCCOCCOCCOCCOCc1ccc4c(c1)/C1=C/3c3cc(ccc3S2)OCCOCCOCCOCCOc2ccc(c1c2)S4. The van der Waals surface area contributed by atoms with Gasteiger partial charge in [0.25, 0.3) is 0 Å². The molecule has 59 heavy (non-hydrogen) atoms. The van der Waals surface area contributed by atoms with E-state index in [1.165, 1.54) is 9.79 Å². The quantitative estimate of drug-likeness (QED) is 0.151. The summed E-state index contributed by atoms with van der Waals surface area (Å²) in [7, 11) is 0. The Balaban J connectivity index is 1.22. The van der Waals surface area contributed by atoms with Crippen LogP contribution in [0, 0.1) is 0 Å². The molecule has 0 saturated heterocycles. The molecule has 0 unspecified atom stereocenters. The van der Waals surface area contributed by atoms with Crippen LogP contribution in [-0.4, -0.2) is 119 Å². The molecule has 0 amide bonds. The van der Waals surface area contributed by atoms with Gasteiger partial charge in [0.05, 0.1) is 119 Å². The first kappa shape index (κ1) is 42.3. The molecule has 0 spiro atoms. The van der Waals surface area contributed by atoms with E-state index in [1.807, 2.05) is 0 Å². The highest BCUT2D eigenvalue weighted by atomic mass is 32.2. The zero-order valence-electron chi connectivity index (χ0n) is 33.4. The van der Waals surface area contributed by atoms with Crippen molar-refractivity contribution in [2.24, 2.45) is 0 Å². The highest BCUT2D eigenvalue weighted by Crippen LogP contribution is 2.55. The molecule has 0 N–H and O–H groups in total. The van der Waals surface area contributed by atoms with Gasteiger partial charge in [0.15, 0.2) is 0 Å². The fourth-order valence-corrected chi connectivity index (χ4v) is 9.19. The molecule has 4 aromatic carbocycles. The molecule has 4 heterocycles. The molecule has 8 bridgehead atoms. The smallest absolute Gasteiger partial charge is 0.120 e. The van der Waals surface area contributed by atoms with E-state index in [1.54, 1.807) is 23.5 Å². The number of fused-ring (bicyclic) bond motifs is 4. The summed E-state index contributed by atoms with van der Waals surface area (Å²) < 4.78 is 65.2. The largest absolute Gasteiger partial charge is 0.491 e. The van der Waals surface area contributed by atoms with Crippen LogP contribution in [0.3, 0.4) is 0 Å². The van der Waals surface area contributed by atoms with E-state index in [0.29, 0.717) is 132 Å². The van der Waals surface area contributed by atoms with Crippen LogP contribution in [0.4, 0.5) is 0 Å². The topological polar surface area (TPSA) is 102 Å². The van der Waals surface area contributed by atoms with Crippen LogP contribution < -0.4 is 9.47 Å². The molecule has 8 rings (SSSR count). The lowest BCUT2D eigenvalue weighted by Crippen LogP contribution is -2.14. The van der Waals surface area contributed by atoms with Gasteiger partial charge in [-0.2, -0.15) is 0 Å². The second-order valence-electron chi connectivity index (χ2n) is 14.0. The molecule has 11 nitrogen and oxygen atoms in total. The molecule has 0 aromatic heterocycles. The third-order valence-corrected chi connectivity index (χ3v) is 12.2. The minimum absolute atomic E-state index is 0.418. The third kappa shape index (κ3) is 11.7. The molecule has 0 saturated carbocycles. The van der Waals surface area contributed by atoms with E-state index in [0.717, 1.165) is 65.8 Å². The predicted molar refractivity (Wildman–Crippen MR) is 225 cm³/mol. The first-order chi connectivity index (χ1) is 29.3. The van der Waals surface area contributed by atoms with Crippen molar-refractivity contribution in [2.45, 2.75) is 32.8 Å². The molecular weight excluding hydrogens is 793 g/mol. The van der Waals surface area contributed by atoms with Gasteiger partial charge in [-0.25, -0.2) is 0 Å². The average Bonchev–Trinajstić information content (AvgIpc) is 3.25. The summed E-state index contributed by atoms with van der Waals surface area (Å²) in [5.41, 5.74) is 8.88. The Kier molecular flexibility index (Phi) is 16.1. The van der Waals surface area contributed by atoms with Crippen molar-refractivity contribution in [2.75, 3.05) is 119 Å². The van der Waals surface area contributed by atoms with Gasteiger partial charge in [-0.1, -0.05) is 35.7 Å². The van der Waals surface area contributed by atoms with Gasteiger partial charge in [0.2, 0.25) is 0 Å². The summed E-state index contributed by atoms with van der Waals surface area (Å²) in [5, 5.41) is 0. The summed E-state index contributed by atoms with van der Waals surface area (Å²) in [6, 6.07) is 26.1. The maximum absolute atomic E-state index is 6.34. The second kappa shape index (κ2) is 22.4. The highest BCUT2D eigenvalue weighted by Gasteiger charge is 2.31. The summed E-state index contributed by atoms with van der Waals surface area (Å²) >= 11 is 3.55. The lowest BCUT2D eigenvalue weighted by Gasteiger charge is -2.30. The standard InChI is InChI=1S/C46H52O11S2/c1-5-41-37-27-33(1)31-54-21-19-50-13-11-47-9-10-48-12-14-51-20-22-55-32-34-2-6-42-38(28-34)46-40-30-36(4-8-44(40)59-42)57-26-24-53-18-16-49-15-17-52-23-25-56-35-3-7-43(58-41)39(29-35)45(37)46/h1-8,27-30H,9-26,31-32H2/b46-45+. The van der Waals surface area contributed by atoms with Crippen molar-refractivity contribution < 1.29 is 52.1 Å². The Bertz CT molecular complexity index is 1880. The number of benzene rings is 4. The van der Waals surface area contributed by atoms with Crippen LogP contribution in [0.1, 0.15) is 33.4 Å². The van der Waals surface area contributed by atoms with Gasteiger partial charge in [0, 0.05) is 30.7 Å². The summed E-state index contributed by atoms with van der Waals surface area (Å²) in [6.45, 7) is 9.53. The molecule has 4 aliphatic rings.